The number of nitrogens with zero attached hydrogens (tertiary/aromatic N) is 6. The summed E-state index contributed by atoms with van der Waals surface area (Å²) in [4.78, 5) is 43.3. The van der Waals surface area contributed by atoms with Crippen LogP contribution in [-0.2, 0) is 11.3 Å². The monoisotopic (exact) mass is 681 g/mol. The molecule has 48 heavy (non-hydrogen) atoms. The van der Waals surface area contributed by atoms with Crippen molar-refractivity contribution in [1.29, 1.82) is 0 Å². The summed E-state index contributed by atoms with van der Waals surface area (Å²) < 4.78 is 7.15. The predicted octanol–water partition coefficient (Wildman–Crippen LogP) is 7.45. The van der Waals surface area contributed by atoms with E-state index in [1.54, 1.807) is 10.9 Å². The average Bonchev–Trinajstić information content (AvgIpc) is 3.86. The van der Waals surface area contributed by atoms with Crippen LogP contribution in [0.4, 0.5) is 5.69 Å². The lowest BCUT2D eigenvalue weighted by Crippen LogP contribution is -2.34. The summed E-state index contributed by atoms with van der Waals surface area (Å²) >= 11 is 2.85. The Morgan fingerprint density at radius 2 is 1.85 bits per heavy atom. The van der Waals surface area contributed by atoms with Crippen molar-refractivity contribution in [3.63, 3.8) is 0 Å². The van der Waals surface area contributed by atoms with Gasteiger partial charge in [-0.1, -0.05) is 31.9 Å². The van der Waals surface area contributed by atoms with Crippen molar-refractivity contribution in [2.75, 3.05) is 25.5 Å². The standard InChI is InChI=1S/C36H39N7O3S2/c1-21-5-7-24(8-6-21)29-17-42(18-32-40-36-38-22(2)15-23(3)43(36)41-32)14-13-27(29)28-16-31(48-33(28)35(45)46-4)25-9-11-26(12-10-25)39-34(44)30-19-47-20-37-30/h9-12,15-16,19-21,24H,5-8,13-14,17-18H2,1-4H3,(H,39,44). The third kappa shape index (κ3) is 6.69. The second-order valence-electron chi connectivity index (χ2n) is 13.0. The Bertz CT molecular complexity index is 1990. The van der Waals surface area contributed by atoms with Crippen LogP contribution >= 0.6 is 22.7 Å². The first-order valence-electron chi connectivity index (χ1n) is 16.4. The second kappa shape index (κ2) is 13.7. The maximum Gasteiger partial charge on any atom is 0.348 e. The lowest BCUT2D eigenvalue weighted by molar-refractivity contribution is 0.0605. The van der Waals surface area contributed by atoms with Gasteiger partial charge < -0.3 is 10.1 Å². The molecule has 5 heterocycles. The normalized spacial score (nSPS) is 18.8. The minimum Gasteiger partial charge on any atom is -0.465 e. The van der Waals surface area contributed by atoms with Crippen LogP contribution in [0.3, 0.4) is 0 Å². The van der Waals surface area contributed by atoms with Crippen molar-refractivity contribution in [3.05, 3.63) is 86.2 Å². The van der Waals surface area contributed by atoms with Crippen LogP contribution < -0.4 is 5.32 Å². The van der Waals surface area contributed by atoms with Gasteiger partial charge in [0.2, 0.25) is 0 Å². The molecule has 1 amide bonds. The number of esters is 1. The Balaban J connectivity index is 1.20. The SMILES string of the molecule is COC(=O)c1sc(-c2ccc(NC(=O)c3cscn3)cc2)cc1C1=C(C2CCC(C)CC2)CN(Cc2nc3nc(C)cc(C)n3n2)CC1. The number of rotatable bonds is 8. The number of nitrogens with one attached hydrogen (secondary N) is 1. The molecule has 0 saturated heterocycles. The maximum absolute atomic E-state index is 13.3. The molecule has 0 radical (unpaired) electrons. The molecular formula is C36H39N7O3S2. The summed E-state index contributed by atoms with van der Waals surface area (Å²) in [7, 11) is 1.45. The van der Waals surface area contributed by atoms with Crippen LogP contribution in [0.25, 0.3) is 21.8 Å². The number of thiophene rings is 1. The van der Waals surface area contributed by atoms with Crippen molar-refractivity contribution >= 4 is 51.6 Å². The van der Waals surface area contributed by atoms with Gasteiger partial charge in [0, 0.05) is 46.0 Å². The Hall–Kier alpha value is -4.26. The first-order chi connectivity index (χ1) is 23.2. The van der Waals surface area contributed by atoms with Gasteiger partial charge in [0.15, 0.2) is 5.82 Å². The van der Waals surface area contributed by atoms with E-state index in [2.05, 4.69) is 33.2 Å². The Kier molecular flexibility index (Phi) is 9.21. The van der Waals surface area contributed by atoms with Gasteiger partial charge in [-0.3, -0.25) is 9.69 Å². The molecule has 2 aliphatic rings. The van der Waals surface area contributed by atoms with Crippen molar-refractivity contribution < 1.29 is 14.3 Å². The summed E-state index contributed by atoms with van der Waals surface area (Å²) in [6.07, 6.45) is 5.56. The molecule has 1 aliphatic carbocycles. The summed E-state index contributed by atoms with van der Waals surface area (Å²) in [6.45, 7) is 8.65. The predicted molar refractivity (Wildman–Crippen MR) is 189 cm³/mol. The van der Waals surface area contributed by atoms with E-state index in [-0.39, 0.29) is 11.9 Å². The van der Waals surface area contributed by atoms with Crippen LogP contribution in [0.1, 0.15) is 82.0 Å². The molecule has 7 rings (SSSR count). The molecule has 1 fully saturated rings. The van der Waals surface area contributed by atoms with Gasteiger partial charge in [-0.2, -0.15) is 4.98 Å². The Morgan fingerprint density at radius 1 is 1.06 bits per heavy atom. The van der Waals surface area contributed by atoms with Crippen molar-refractivity contribution in [3.8, 4) is 10.4 Å². The number of anilines is 1. The van der Waals surface area contributed by atoms with E-state index in [9.17, 15) is 9.59 Å². The number of fused-ring (bicyclic) bond motifs is 1. The van der Waals surface area contributed by atoms with Gasteiger partial charge in [0.1, 0.15) is 10.6 Å². The van der Waals surface area contributed by atoms with Gasteiger partial charge in [0.05, 0.1) is 19.2 Å². The highest BCUT2D eigenvalue weighted by Crippen LogP contribution is 2.44. The highest BCUT2D eigenvalue weighted by atomic mass is 32.1. The van der Waals surface area contributed by atoms with E-state index in [0.717, 1.165) is 71.5 Å². The van der Waals surface area contributed by atoms with Crippen LogP contribution in [0.2, 0.25) is 0 Å². The van der Waals surface area contributed by atoms with Crippen LogP contribution in [0.15, 0.2) is 52.9 Å². The fraction of sp³-hybridized carbons (Fsp3) is 0.389. The Labute approximate surface area is 287 Å². The van der Waals surface area contributed by atoms with Gasteiger partial charge in [-0.05, 0) is 85.9 Å². The molecule has 12 heteroatoms. The van der Waals surface area contributed by atoms with Crippen LogP contribution in [0, 0.1) is 25.7 Å². The van der Waals surface area contributed by atoms with E-state index in [4.69, 9.17) is 14.8 Å². The molecule has 1 saturated carbocycles. The summed E-state index contributed by atoms with van der Waals surface area (Å²) in [5.74, 6) is 2.06. The molecule has 5 aromatic rings. The molecular weight excluding hydrogens is 643 g/mol. The van der Waals surface area contributed by atoms with Gasteiger partial charge >= 0.3 is 5.97 Å². The molecule has 248 valence electrons. The topological polar surface area (TPSA) is 115 Å². The lowest BCUT2D eigenvalue weighted by atomic mass is 9.75. The number of aromatic nitrogens is 5. The molecule has 10 nitrogen and oxygen atoms in total. The van der Waals surface area contributed by atoms with E-state index in [1.165, 1.54) is 53.8 Å². The molecule has 0 unspecified atom stereocenters. The van der Waals surface area contributed by atoms with Gasteiger partial charge in [-0.25, -0.2) is 19.3 Å². The molecule has 0 spiro atoms. The number of hydrogen-bond donors (Lipinski definition) is 1. The fourth-order valence-electron chi connectivity index (χ4n) is 6.99. The number of benzene rings is 1. The number of hydrogen-bond acceptors (Lipinski definition) is 10. The van der Waals surface area contributed by atoms with Crippen molar-refractivity contribution in [2.45, 2.75) is 59.4 Å². The van der Waals surface area contributed by atoms with Gasteiger partial charge in [0.25, 0.3) is 11.7 Å². The third-order valence-corrected chi connectivity index (χ3v) is 11.3. The zero-order chi connectivity index (χ0) is 33.4. The highest BCUT2D eigenvalue weighted by Gasteiger charge is 2.32. The number of ether oxygens (including phenoxy) is 1. The molecule has 1 aliphatic heterocycles. The quantitative estimate of drug-likeness (QED) is 0.168. The fourth-order valence-corrected chi connectivity index (χ4v) is 8.63. The van der Waals surface area contributed by atoms with Crippen LogP contribution in [0.5, 0.6) is 0 Å². The van der Waals surface area contributed by atoms with Crippen molar-refractivity contribution in [1.82, 2.24) is 29.5 Å². The third-order valence-electron chi connectivity index (χ3n) is 9.52. The number of carbonyl (C=O) groups is 2. The molecule has 4 aromatic heterocycles. The van der Waals surface area contributed by atoms with Crippen LogP contribution in [-0.4, -0.2) is 61.5 Å². The number of amides is 1. The highest BCUT2D eigenvalue weighted by molar-refractivity contribution is 7.17. The van der Waals surface area contributed by atoms with E-state index in [1.807, 2.05) is 48.7 Å². The number of thiazole rings is 1. The van der Waals surface area contributed by atoms with Crippen molar-refractivity contribution in [2.24, 2.45) is 11.8 Å². The molecule has 1 N–H and O–H groups in total. The number of carbonyl (C=O) groups excluding carboxylic acids is 2. The zero-order valence-corrected chi connectivity index (χ0v) is 29.3. The second-order valence-corrected chi connectivity index (χ2v) is 14.7. The summed E-state index contributed by atoms with van der Waals surface area (Å²) in [5.41, 5.74) is 9.34. The number of methoxy groups -OCH3 is 1. The number of aryl methyl sites for hydroxylation is 2. The largest absolute Gasteiger partial charge is 0.465 e. The van der Waals surface area contributed by atoms with E-state index < -0.39 is 0 Å². The van der Waals surface area contributed by atoms with E-state index >= 15 is 0 Å². The zero-order valence-electron chi connectivity index (χ0n) is 27.7. The summed E-state index contributed by atoms with van der Waals surface area (Å²) in [6, 6.07) is 11.9. The van der Waals surface area contributed by atoms with Gasteiger partial charge in [-0.15, -0.1) is 27.8 Å². The minimum absolute atomic E-state index is 0.239. The minimum atomic E-state index is -0.313. The first kappa shape index (κ1) is 32.3. The van der Waals surface area contributed by atoms with E-state index in [0.29, 0.717) is 34.5 Å². The molecule has 0 atom stereocenters. The Morgan fingerprint density at radius 3 is 2.58 bits per heavy atom. The molecule has 1 aromatic carbocycles. The average molecular weight is 682 g/mol. The summed E-state index contributed by atoms with van der Waals surface area (Å²) in [5, 5.41) is 9.42. The maximum atomic E-state index is 13.3. The molecule has 0 bridgehead atoms. The first-order valence-corrected chi connectivity index (χ1v) is 18.2. The lowest BCUT2D eigenvalue weighted by Gasteiger charge is -2.37. The smallest absolute Gasteiger partial charge is 0.348 e.